The summed E-state index contributed by atoms with van der Waals surface area (Å²) in [6, 6.07) is 0. The molecule has 0 rings (SSSR count). The molecule has 0 amide bonds. The van der Waals surface area contributed by atoms with Crippen LogP contribution in [0.1, 0.15) is 27.7 Å². The lowest BCUT2D eigenvalue weighted by Crippen LogP contribution is -2.02. The van der Waals surface area contributed by atoms with Gasteiger partial charge in [0.05, 0.1) is 0 Å². The number of rotatable bonds is 5. The van der Waals surface area contributed by atoms with E-state index < -0.39 is 0 Å². The molecule has 0 radical (unpaired) electrons. The molecule has 0 fully saturated rings. The Balaban J connectivity index is 3.79. The first-order chi connectivity index (χ1) is 5.62. The van der Waals surface area contributed by atoms with E-state index >= 15 is 0 Å². The van der Waals surface area contributed by atoms with Gasteiger partial charge >= 0.3 is 0 Å². The van der Waals surface area contributed by atoms with Crippen LogP contribution in [0, 0.1) is 5.41 Å². The number of hydrogen-bond acceptors (Lipinski definition) is 2. The third kappa shape index (κ3) is 6.50. The maximum atomic E-state index is 3.17. The van der Waals surface area contributed by atoms with E-state index in [2.05, 4.69) is 49.1 Å². The Morgan fingerprint density at radius 2 is 2.00 bits per heavy atom. The molecule has 12 heavy (non-hydrogen) atoms. The maximum Gasteiger partial charge on any atom is 0.00331 e. The molecule has 0 heterocycles. The molecule has 0 saturated heterocycles. The van der Waals surface area contributed by atoms with Crippen molar-refractivity contribution >= 4 is 11.9 Å². The van der Waals surface area contributed by atoms with Crippen molar-refractivity contribution in [1.29, 1.82) is 0 Å². The Kier molecular flexibility index (Phi) is 6.21. The third-order valence-corrected chi connectivity index (χ3v) is 2.12. The second kappa shape index (κ2) is 6.32. The van der Waals surface area contributed by atoms with Gasteiger partial charge in [0, 0.05) is 12.0 Å². The summed E-state index contributed by atoms with van der Waals surface area (Å²) in [4.78, 5) is 0. The minimum absolute atomic E-state index is 0.178. The lowest BCUT2D eigenvalue weighted by Gasteiger charge is -2.13. The Morgan fingerprint density at radius 1 is 1.33 bits per heavy atom. The molecule has 2 heteroatoms. The van der Waals surface area contributed by atoms with Gasteiger partial charge in [0.1, 0.15) is 0 Å². The highest BCUT2D eigenvalue weighted by molar-refractivity contribution is 8.00. The molecule has 0 spiro atoms. The van der Waals surface area contributed by atoms with Crippen LogP contribution in [0.5, 0.6) is 0 Å². The van der Waals surface area contributed by atoms with Gasteiger partial charge in [-0.05, 0) is 12.3 Å². The van der Waals surface area contributed by atoms with Crippen LogP contribution in [-0.4, -0.2) is 6.54 Å². The van der Waals surface area contributed by atoms with E-state index in [4.69, 9.17) is 0 Å². The number of hydrogen-bond donors (Lipinski definition) is 1. The van der Waals surface area contributed by atoms with Crippen molar-refractivity contribution in [2.75, 3.05) is 6.54 Å². The molecule has 0 aliphatic carbocycles. The van der Waals surface area contributed by atoms with Crippen LogP contribution in [0.3, 0.4) is 0 Å². The zero-order valence-electron chi connectivity index (χ0n) is 8.42. The van der Waals surface area contributed by atoms with Gasteiger partial charge in [0.2, 0.25) is 0 Å². The first-order valence-corrected chi connectivity index (χ1v) is 5.20. The van der Waals surface area contributed by atoms with Gasteiger partial charge < -0.3 is 0 Å². The molecule has 0 unspecified atom stereocenters. The van der Waals surface area contributed by atoms with Gasteiger partial charge in [-0.3, -0.25) is 4.72 Å². The normalized spacial score (nSPS) is 13.3. The fourth-order valence-electron chi connectivity index (χ4n) is 0.826. The highest BCUT2D eigenvalue weighted by atomic mass is 32.2. The summed E-state index contributed by atoms with van der Waals surface area (Å²) in [7, 11) is 0. The van der Waals surface area contributed by atoms with E-state index in [9.17, 15) is 0 Å². The molecule has 1 N–H and O–H groups in total. The van der Waals surface area contributed by atoms with Crippen molar-refractivity contribution in [2.45, 2.75) is 27.7 Å². The van der Waals surface area contributed by atoms with Crippen LogP contribution in [0.2, 0.25) is 0 Å². The van der Waals surface area contributed by atoms with Gasteiger partial charge in [-0.25, -0.2) is 0 Å². The van der Waals surface area contributed by atoms with Crippen molar-refractivity contribution < 1.29 is 0 Å². The predicted octanol–water partition coefficient (Wildman–Crippen LogP) is 3.36. The van der Waals surface area contributed by atoms with Crippen molar-refractivity contribution in [3.63, 3.8) is 0 Å². The van der Waals surface area contributed by atoms with Gasteiger partial charge in [0.25, 0.3) is 0 Å². The molecule has 0 aromatic carbocycles. The van der Waals surface area contributed by atoms with Crippen LogP contribution in [-0.2, 0) is 0 Å². The molecular weight excluding hydrogens is 166 g/mol. The lowest BCUT2D eigenvalue weighted by molar-refractivity contribution is 0.626. The smallest absolute Gasteiger partial charge is 0.00331 e. The highest BCUT2D eigenvalue weighted by Gasteiger charge is 2.06. The molecule has 0 aliphatic rings. The Hall–Kier alpha value is -0.210. The molecule has 0 aliphatic heterocycles. The Labute approximate surface area is 80.5 Å². The molecule has 0 aromatic heterocycles. The van der Waals surface area contributed by atoms with Crippen LogP contribution in [0.25, 0.3) is 0 Å². The molecule has 1 nitrogen and oxygen atoms in total. The zero-order chi connectivity index (χ0) is 9.45. The molecular formula is C10H19NS. The first-order valence-electron chi connectivity index (χ1n) is 4.32. The summed E-state index contributed by atoms with van der Waals surface area (Å²) in [6.07, 6.45) is 6.47. The predicted molar refractivity (Wildman–Crippen MR) is 59.0 cm³/mol. The van der Waals surface area contributed by atoms with Crippen molar-refractivity contribution in [3.8, 4) is 0 Å². The van der Waals surface area contributed by atoms with E-state index in [0.29, 0.717) is 0 Å². The maximum absolute atomic E-state index is 3.17. The topological polar surface area (TPSA) is 12.0 Å². The Morgan fingerprint density at radius 3 is 2.50 bits per heavy atom. The van der Waals surface area contributed by atoms with Crippen molar-refractivity contribution in [2.24, 2.45) is 5.41 Å². The van der Waals surface area contributed by atoms with Gasteiger partial charge in [-0.15, -0.1) is 0 Å². The standard InChI is InChI=1S/C10H19NS/c1-5-7-10(3,4)8-9-12-11-6-2/h5,7-9,11H,6H2,1-4H3/b7-5+,9-8-. The fourth-order valence-corrected chi connectivity index (χ4v) is 1.51. The van der Waals surface area contributed by atoms with Crippen LogP contribution in [0.15, 0.2) is 23.6 Å². The van der Waals surface area contributed by atoms with Crippen LogP contribution in [0.4, 0.5) is 0 Å². The fraction of sp³-hybridized carbons (Fsp3) is 0.600. The van der Waals surface area contributed by atoms with Gasteiger partial charge in [-0.1, -0.05) is 50.9 Å². The summed E-state index contributed by atoms with van der Waals surface area (Å²) < 4.78 is 3.17. The molecule has 0 bridgehead atoms. The minimum Gasteiger partial charge on any atom is -0.261 e. The van der Waals surface area contributed by atoms with E-state index in [-0.39, 0.29) is 5.41 Å². The molecule has 0 saturated carbocycles. The number of allylic oxidation sites excluding steroid dienone is 3. The van der Waals surface area contributed by atoms with E-state index in [0.717, 1.165) is 6.54 Å². The summed E-state index contributed by atoms with van der Waals surface area (Å²) in [5.41, 5.74) is 0.178. The van der Waals surface area contributed by atoms with Gasteiger partial charge in [0.15, 0.2) is 0 Å². The first kappa shape index (κ1) is 11.8. The quantitative estimate of drug-likeness (QED) is 0.400. The van der Waals surface area contributed by atoms with Crippen molar-refractivity contribution in [3.05, 3.63) is 23.6 Å². The second-order valence-electron chi connectivity index (χ2n) is 3.24. The molecule has 0 atom stereocenters. The average Bonchev–Trinajstić information content (AvgIpc) is 1.98. The lowest BCUT2D eigenvalue weighted by atomic mass is 9.94. The second-order valence-corrected chi connectivity index (χ2v) is 4.04. The van der Waals surface area contributed by atoms with Crippen molar-refractivity contribution in [1.82, 2.24) is 4.72 Å². The van der Waals surface area contributed by atoms with Crippen LogP contribution < -0.4 is 4.72 Å². The minimum atomic E-state index is 0.178. The summed E-state index contributed by atoms with van der Waals surface area (Å²) >= 11 is 1.64. The summed E-state index contributed by atoms with van der Waals surface area (Å²) in [6.45, 7) is 9.52. The monoisotopic (exact) mass is 185 g/mol. The number of nitrogens with one attached hydrogen (secondary N) is 1. The third-order valence-electron chi connectivity index (χ3n) is 1.39. The average molecular weight is 185 g/mol. The van der Waals surface area contributed by atoms with Gasteiger partial charge in [-0.2, -0.15) is 0 Å². The SMILES string of the molecule is C/C=C/C(C)(C)/C=C\SNCC. The largest absolute Gasteiger partial charge is 0.261 e. The zero-order valence-corrected chi connectivity index (χ0v) is 9.24. The summed E-state index contributed by atoms with van der Waals surface area (Å²) in [5.74, 6) is 0. The molecule has 0 aromatic rings. The Bertz CT molecular complexity index is 159. The molecule has 70 valence electrons. The van der Waals surface area contributed by atoms with E-state index in [1.54, 1.807) is 11.9 Å². The van der Waals surface area contributed by atoms with E-state index in [1.807, 2.05) is 6.92 Å². The van der Waals surface area contributed by atoms with E-state index in [1.165, 1.54) is 0 Å². The highest BCUT2D eigenvalue weighted by Crippen LogP contribution is 2.19. The summed E-state index contributed by atoms with van der Waals surface area (Å²) in [5, 5.41) is 2.10. The van der Waals surface area contributed by atoms with Crippen LogP contribution >= 0.6 is 11.9 Å².